The van der Waals surface area contributed by atoms with Crippen LogP contribution in [0.4, 0.5) is 0 Å². The first-order chi connectivity index (χ1) is 16.5. The van der Waals surface area contributed by atoms with Crippen molar-refractivity contribution in [3.8, 4) is 11.5 Å². The zero-order valence-electron chi connectivity index (χ0n) is 19.9. The van der Waals surface area contributed by atoms with Gasteiger partial charge in [0.25, 0.3) is 5.91 Å². The monoisotopic (exact) mass is 503 g/mol. The maximum atomic E-state index is 13.6. The van der Waals surface area contributed by atoms with Crippen molar-refractivity contribution in [3.05, 3.63) is 58.1 Å². The topological polar surface area (TPSA) is 120 Å². The van der Waals surface area contributed by atoms with Crippen molar-refractivity contribution in [2.45, 2.75) is 38.8 Å². The number of piperazine rings is 1. The number of likely N-dealkylation sites (N-methyl/N-ethyl adjacent to an activating group) is 1. The van der Waals surface area contributed by atoms with Crippen LogP contribution >= 0.6 is 0 Å². The van der Waals surface area contributed by atoms with Crippen LogP contribution in [0.1, 0.15) is 52.4 Å². The van der Waals surface area contributed by atoms with E-state index in [4.69, 9.17) is 8.37 Å². The average Bonchev–Trinajstić information content (AvgIpc) is 3.07. The highest BCUT2D eigenvalue weighted by Crippen LogP contribution is 2.51. The number of fused-ring (bicyclic) bond motifs is 2. The van der Waals surface area contributed by atoms with Crippen LogP contribution in [0, 0.1) is 0 Å². The molecule has 0 aliphatic carbocycles. The lowest BCUT2D eigenvalue weighted by Crippen LogP contribution is -2.58. The van der Waals surface area contributed by atoms with Gasteiger partial charge in [-0.25, -0.2) is 0 Å². The number of rotatable bonds is 4. The summed E-state index contributed by atoms with van der Waals surface area (Å²) < 4.78 is 34.2. The van der Waals surface area contributed by atoms with E-state index >= 15 is 0 Å². The van der Waals surface area contributed by atoms with Gasteiger partial charge in [0.1, 0.15) is 11.5 Å². The first-order valence-corrected chi connectivity index (χ1v) is 12.9. The minimum absolute atomic E-state index is 0.0393. The van der Waals surface area contributed by atoms with Gasteiger partial charge in [-0.3, -0.25) is 14.6 Å². The minimum atomic E-state index is -4.25. The number of carbonyl (C=O) groups excluding carboxylic acids is 1. The van der Waals surface area contributed by atoms with Gasteiger partial charge in [0.15, 0.2) is 0 Å². The molecule has 2 saturated heterocycles. The Kier molecular flexibility index (Phi) is 5.80. The number of phenolic OH excluding ortho intramolecular Hbond substituents is 2. The molecule has 0 aromatic heterocycles. The number of hydrogen-bond acceptors (Lipinski definition) is 9. The molecular weight excluding hydrogens is 474 g/mol. The van der Waals surface area contributed by atoms with Gasteiger partial charge >= 0.3 is 16.3 Å². The smallest absolute Gasteiger partial charge is 0.408 e. The first-order valence-electron chi connectivity index (χ1n) is 11.6. The Bertz CT molecular complexity index is 1270. The predicted octanol–water partition coefficient (Wildman–Crippen LogP) is 2.03. The molecule has 0 saturated carbocycles. The number of benzene rings is 2. The average molecular weight is 504 g/mol. The van der Waals surface area contributed by atoms with E-state index < -0.39 is 28.0 Å². The number of phenols is 2. The Hall–Kier alpha value is -2.70. The van der Waals surface area contributed by atoms with E-state index in [1.807, 2.05) is 26.0 Å². The number of amides is 1. The third kappa shape index (κ3) is 4.17. The van der Waals surface area contributed by atoms with Gasteiger partial charge in [0.2, 0.25) is 0 Å². The first kappa shape index (κ1) is 24.0. The molecule has 2 N–H and O–H groups in total. The number of aromatic hydroxyl groups is 2. The van der Waals surface area contributed by atoms with Crippen LogP contribution in [-0.2, 0) is 37.8 Å². The van der Waals surface area contributed by atoms with E-state index in [2.05, 4.69) is 16.8 Å². The van der Waals surface area contributed by atoms with Crippen LogP contribution in [0.15, 0.2) is 30.3 Å². The standard InChI is InChI=1S/C24H29N3O7S/c1-15(2)18-11-19(22(29)12-21(18)28)23(30)27-14-17-10-16(13-26-8-6-25(3)7-9-26)4-5-20(17)24(27)33-35(31,32)34-24/h4-5,10-12,15,28-29H,6-9,13-14H2,1-3H3. The molecule has 3 aliphatic rings. The van der Waals surface area contributed by atoms with E-state index in [1.54, 1.807) is 6.07 Å². The number of hydrogen-bond donors (Lipinski definition) is 2. The normalized spacial score (nSPS) is 21.3. The summed E-state index contributed by atoms with van der Waals surface area (Å²) in [4.78, 5) is 19.4. The van der Waals surface area contributed by atoms with Gasteiger partial charge in [-0.05, 0) is 35.7 Å². The molecule has 5 rings (SSSR count). The van der Waals surface area contributed by atoms with E-state index in [0.29, 0.717) is 16.7 Å². The highest BCUT2D eigenvalue weighted by Gasteiger charge is 2.64. The van der Waals surface area contributed by atoms with Crippen LogP contribution in [0.2, 0.25) is 0 Å². The summed E-state index contributed by atoms with van der Waals surface area (Å²) in [5, 5.41) is 20.6. The van der Waals surface area contributed by atoms with E-state index in [0.717, 1.165) is 49.3 Å². The molecular formula is C24H29N3O7S. The fourth-order valence-electron chi connectivity index (χ4n) is 4.91. The van der Waals surface area contributed by atoms with Crippen LogP contribution in [0.5, 0.6) is 11.5 Å². The molecule has 3 heterocycles. The second kappa shape index (κ2) is 8.45. The molecule has 188 valence electrons. The van der Waals surface area contributed by atoms with E-state index in [-0.39, 0.29) is 23.8 Å². The summed E-state index contributed by atoms with van der Waals surface area (Å²) in [6, 6.07) is 8.10. The summed E-state index contributed by atoms with van der Waals surface area (Å²) in [5.41, 5.74) is 2.59. The summed E-state index contributed by atoms with van der Waals surface area (Å²) in [6.45, 7) is 8.35. The molecule has 0 bridgehead atoms. The van der Waals surface area contributed by atoms with Crippen molar-refractivity contribution in [3.63, 3.8) is 0 Å². The molecule has 2 aromatic rings. The van der Waals surface area contributed by atoms with Crippen molar-refractivity contribution in [1.82, 2.24) is 14.7 Å². The second-order valence-corrected chi connectivity index (χ2v) is 10.9. The van der Waals surface area contributed by atoms with Crippen LogP contribution in [0.25, 0.3) is 0 Å². The van der Waals surface area contributed by atoms with Gasteiger partial charge < -0.3 is 15.1 Å². The highest BCUT2D eigenvalue weighted by molar-refractivity contribution is 7.82. The van der Waals surface area contributed by atoms with Crippen LogP contribution in [0.3, 0.4) is 0 Å². The zero-order chi connectivity index (χ0) is 25.1. The Balaban J connectivity index is 1.47. The fraction of sp³-hybridized carbons (Fsp3) is 0.458. The molecule has 0 atom stereocenters. The molecule has 10 nitrogen and oxygen atoms in total. The largest absolute Gasteiger partial charge is 0.508 e. The van der Waals surface area contributed by atoms with Crippen molar-refractivity contribution in [1.29, 1.82) is 0 Å². The number of nitrogens with zero attached hydrogens (tertiary/aromatic N) is 3. The minimum Gasteiger partial charge on any atom is -0.508 e. The lowest BCUT2D eigenvalue weighted by atomic mass is 9.98. The van der Waals surface area contributed by atoms with Gasteiger partial charge in [-0.1, -0.05) is 32.0 Å². The summed E-state index contributed by atoms with van der Waals surface area (Å²) in [6.07, 6.45) is 0. The van der Waals surface area contributed by atoms with Gasteiger partial charge in [0.05, 0.1) is 12.1 Å². The van der Waals surface area contributed by atoms with Crippen molar-refractivity contribution >= 4 is 16.3 Å². The number of carbonyl (C=O) groups is 1. The molecule has 1 spiro atoms. The molecule has 2 fully saturated rings. The predicted molar refractivity (Wildman–Crippen MR) is 126 cm³/mol. The van der Waals surface area contributed by atoms with Crippen molar-refractivity contribution in [2.75, 3.05) is 33.2 Å². The van der Waals surface area contributed by atoms with Crippen molar-refractivity contribution in [2.24, 2.45) is 0 Å². The Morgan fingerprint density at radius 2 is 1.74 bits per heavy atom. The van der Waals surface area contributed by atoms with E-state index in [9.17, 15) is 23.4 Å². The SMILES string of the molecule is CC(C)c1cc(C(=O)N2Cc3cc(CN4CCN(C)CC4)ccc3C23OS(=O)(=O)O3)c(O)cc1O. The van der Waals surface area contributed by atoms with Gasteiger partial charge in [0, 0.05) is 44.4 Å². The van der Waals surface area contributed by atoms with Gasteiger partial charge in [-0.15, -0.1) is 0 Å². The maximum absolute atomic E-state index is 13.6. The molecule has 3 aliphatic heterocycles. The van der Waals surface area contributed by atoms with Crippen LogP contribution < -0.4 is 0 Å². The third-order valence-corrected chi connectivity index (χ3v) is 7.73. The Morgan fingerprint density at radius 1 is 1.06 bits per heavy atom. The van der Waals surface area contributed by atoms with Crippen molar-refractivity contribution < 1.29 is 31.8 Å². The quantitative estimate of drug-likeness (QED) is 0.646. The maximum Gasteiger partial charge on any atom is 0.408 e. The zero-order valence-corrected chi connectivity index (χ0v) is 20.7. The molecule has 0 radical (unpaired) electrons. The molecule has 2 aromatic carbocycles. The molecule has 11 heteroatoms. The second-order valence-electron chi connectivity index (χ2n) is 9.70. The Morgan fingerprint density at radius 3 is 2.37 bits per heavy atom. The lowest BCUT2D eigenvalue weighted by molar-refractivity contribution is -0.267. The van der Waals surface area contributed by atoms with Gasteiger partial charge in [-0.2, -0.15) is 16.8 Å². The molecule has 1 amide bonds. The molecule has 35 heavy (non-hydrogen) atoms. The Labute approximate surface area is 204 Å². The summed E-state index contributed by atoms with van der Waals surface area (Å²) >= 11 is 0. The summed E-state index contributed by atoms with van der Waals surface area (Å²) in [5.74, 6) is -3.24. The highest BCUT2D eigenvalue weighted by atomic mass is 32.3. The van der Waals surface area contributed by atoms with Crippen LogP contribution in [-0.4, -0.2) is 72.5 Å². The lowest BCUT2D eigenvalue weighted by Gasteiger charge is -2.42. The third-order valence-electron chi connectivity index (χ3n) is 6.87. The molecule has 0 unspecified atom stereocenters. The summed E-state index contributed by atoms with van der Waals surface area (Å²) in [7, 11) is -2.15. The van der Waals surface area contributed by atoms with E-state index in [1.165, 1.54) is 6.07 Å². The fourth-order valence-corrected chi connectivity index (χ4v) is 5.84.